The van der Waals surface area contributed by atoms with Crippen LogP contribution in [0.1, 0.15) is 37.3 Å². The Morgan fingerprint density at radius 2 is 1.96 bits per heavy atom. The Hall–Kier alpha value is -1.59. The van der Waals surface area contributed by atoms with Gasteiger partial charge >= 0.3 is 6.03 Å². The van der Waals surface area contributed by atoms with Crippen LogP contribution in [0.25, 0.3) is 0 Å². The predicted octanol–water partition coefficient (Wildman–Crippen LogP) is 2.24. The lowest BCUT2D eigenvalue weighted by Gasteiger charge is -2.33. The number of nitrogens with zero attached hydrogens (tertiary/aromatic N) is 2. The maximum atomic E-state index is 12.2. The van der Waals surface area contributed by atoms with E-state index < -0.39 is 0 Å². The molecule has 0 aliphatic carbocycles. The first kappa shape index (κ1) is 18.2. The molecule has 2 N–H and O–H groups in total. The molecule has 1 saturated heterocycles. The van der Waals surface area contributed by atoms with E-state index in [2.05, 4.69) is 34.5 Å². The van der Waals surface area contributed by atoms with Crippen LogP contribution in [-0.2, 0) is 13.0 Å². The molecule has 2 aliphatic rings. The second-order valence-electron chi connectivity index (χ2n) is 7.45. The first-order chi connectivity index (χ1) is 12.1. The van der Waals surface area contributed by atoms with Crippen LogP contribution >= 0.6 is 0 Å². The fourth-order valence-electron chi connectivity index (χ4n) is 3.94. The number of aliphatic hydroxyl groups excluding tert-OH is 1. The molecule has 0 bridgehead atoms. The lowest BCUT2D eigenvalue weighted by molar-refractivity contribution is 0.0798. The molecule has 1 fully saturated rings. The third-order valence-electron chi connectivity index (χ3n) is 5.65. The molecule has 3 rings (SSSR count). The third kappa shape index (κ3) is 4.95. The van der Waals surface area contributed by atoms with Crippen molar-refractivity contribution in [3.05, 3.63) is 35.4 Å². The van der Waals surface area contributed by atoms with Gasteiger partial charge in [-0.2, -0.15) is 0 Å². The van der Waals surface area contributed by atoms with Crippen LogP contribution in [0.2, 0.25) is 0 Å². The Labute approximate surface area is 151 Å². The second kappa shape index (κ2) is 8.68. The van der Waals surface area contributed by atoms with Crippen LogP contribution < -0.4 is 5.32 Å². The van der Waals surface area contributed by atoms with E-state index in [9.17, 15) is 9.90 Å². The summed E-state index contributed by atoms with van der Waals surface area (Å²) in [6, 6.07) is 8.73. The highest BCUT2D eigenvalue weighted by Crippen LogP contribution is 2.20. The van der Waals surface area contributed by atoms with Crippen molar-refractivity contribution in [3.63, 3.8) is 0 Å². The highest BCUT2D eigenvalue weighted by molar-refractivity contribution is 5.74. The van der Waals surface area contributed by atoms with Gasteiger partial charge in [0.15, 0.2) is 0 Å². The van der Waals surface area contributed by atoms with E-state index in [4.69, 9.17) is 0 Å². The number of piperidine rings is 1. The summed E-state index contributed by atoms with van der Waals surface area (Å²) in [6.45, 7) is 7.24. The number of aliphatic hydroxyl groups is 1. The zero-order valence-electron chi connectivity index (χ0n) is 15.3. The summed E-state index contributed by atoms with van der Waals surface area (Å²) in [5, 5.41) is 12.7. The molecule has 5 nitrogen and oxygen atoms in total. The van der Waals surface area contributed by atoms with E-state index in [0.29, 0.717) is 5.92 Å². The Morgan fingerprint density at radius 3 is 2.68 bits per heavy atom. The molecule has 2 aliphatic heterocycles. The Bertz CT molecular complexity index is 568. The summed E-state index contributed by atoms with van der Waals surface area (Å²) >= 11 is 0. The minimum Gasteiger partial charge on any atom is -0.393 e. The molecule has 138 valence electrons. The van der Waals surface area contributed by atoms with Crippen molar-refractivity contribution in [2.45, 2.75) is 45.3 Å². The maximum Gasteiger partial charge on any atom is 0.317 e. The number of likely N-dealkylation sites (tertiary alicyclic amines) is 1. The van der Waals surface area contributed by atoms with Crippen LogP contribution in [0.4, 0.5) is 4.79 Å². The van der Waals surface area contributed by atoms with Crippen LogP contribution in [-0.4, -0.2) is 59.8 Å². The molecule has 5 heteroatoms. The summed E-state index contributed by atoms with van der Waals surface area (Å²) in [5.74, 6) is 0.339. The van der Waals surface area contributed by atoms with Gasteiger partial charge in [-0.25, -0.2) is 4.79 Å². The van der Waals surface area contributed by atoms with Crippen molar-refractivity contribution in [2.24, 2.45) is 5.92 Å². The minimum absolute atomic E-state index is 0.0491. The van der Waals surface area contributed by atoms with Crippen molar-refractivity contribution in [1.82, 2.24) is 15.1 Å². The smallest absolute Gasteiger partial charge is 0.317 e. The van der Waals surface area contributed by atoms with Crippen molar-refractivity contribution in [3.8, 4) is 0 Å². The van der Waals surface area contributed by atoms with Crippen molar-refractivity contribution in [2.75, 3.05) is 32.7 Å². The number of hydrogen-bond donors (Lipinski definition) is 2. The lowest BCUT2D eigenvalue weighted by Crippen LogP contribution is -2.46. The van der Waals surface area contributed by atoms with Crippen LogP contribution in [0.5, 0.6) is 0 Å². The molecular weight excluding hydrogens is 314 g/mol. The Balaban J connectivity index is 1.32. The number of carbonyl (C=O) groups excluding carboxylic acids is 1. The topological polar surface area (TPSA) is 55.8 Å². The quantitative estimate of drug-likeness (QED) is 0.805. The predicted molar refractivity (Wildman–Crippen MR) is 99.4 cm³/mol. The first-order valence-corrected chi connectivity index (χ1v) is 9.63. The molecule has 0 saturated carbocycles. The van der Waals surface area contributed by atoms with Gasteiger partial charge in [-0.15, -0.1) is 0 Å². The SMILES string of the molecule is CC(O)C1CCN(C(=O)NCCCN2CCc3ccccc3C2)CC1. The number of benzene rings is 1. The van der Waals surface area contributed by atoms with Crippen LogP contribution in [0.3, 0.4) is 0 Å². The monoisotopic (exact) mass is 345 g/mol. The number of nitrogens with one attached hydrogen (secondary N) is 1. The normalized spacial score (nSPS) is 20.2. The number of amides is 2. The molecule has 1 aromatic carbocycles. The molecule has 2 heterocycles. The number of urea groups is 1. The van der Waals surface area contributed by atoms with Gasteiger partial charge in [0, 0.05) is 39.3 Å². The molecular formula is C20H31N3O2. The van der Waals surface area contributed by atoms with Crippen LogP contribution in [0.15, 0.2) is 24.3 Å². The zero-order valence-corrected chi connectivity index (χ0v) is 15.3. The Morgan fingerprint density at radius 1 is 1.24 bits per heavy atom. The number of fused-ring (bicyclic) bond motifs is 1. The average Bonchev–Trinajstić information content (AvgIpc) is 2.65. The summed E-state index contributed by atoms with van der Waals surface area (Å²) in [6.07, 6.45) is 3.65. The van der Waals surface area contributed by atoms with Crippen molar-refractivity contribution >= 4 is 6.03 Å². The number of carbonyl (C=O) groups is 1. The number of rotatable bonds is 5. The molecule has 0 spiro atoms. The van der Waals surface area contributed by atoms with E-state index in [0.717, 1.165) is 65.0 Å². The summed E-state index contributed by atoms with van der Waals surface area (Å²) in [4.78, 5) is 16.6. The largest absolute Gasteiger partial charge is 0.393 e. The zero-order chi connectivity index (χ0) is 17.6. The van der Waals surface area contributed by atoms with Gasteiger partial charge in [0.1, 0.15) is 0 Å². The molecule has 1 unspecified atom stereocenters. The first-order valence-electron chi connectivity index (χ1n) is 9.63. The van der Waals surface area contributed by atoms with Crippen molar-refractivity contribution < 1.29 is 9.90 Å². The molecule has 2 amide bonds. The van der Waals surface area contributed by atoms with E-state index in [-0.39, 0.29) is 12.1 Å². The lowest BCUT2D eigenvalue weighted by atomic mass is 9.92. The third-order valence-corrected chi connectivity index (χ3v) is 5.65. The van der Waals surface area contributed by atoms with E-state index >= 15 is 0 Å². The summed E-state index contributed by atoms with van der Waals surface area (Å²) in [5.41, 5.74) is 2.92. The van der Waals surface area contributed by atoms with Gasteiger partial charge in [-0.3, -0.25) is 4.90 Å². The average molecular weight is 345 g/mol. The summed E-state index contributed by atoms with van der Waals surface area (Å²) < 4.78 is 0. The van der Waals surface area contributed by atoms with Crippen molar-refractivity contribution in [1.29, 1.82) is 0 Å². The maximum absolute atomic E-state index is 12.2. The highest BCUT2D eigenvalue weighted by atomic mass is 16.3. The molecule has 1 atom stereocenters. The highest BCUT2D eigenvalue weighted by Gasteiger charge is 2.25. The molecule has 0 radical (unpaired) electrons. The second-order valence-corrected chi connectivity index (χ2v) is 7.45. The fourth-order valence-corrected chi connectivity index (χ4v) is 3.94. The van der Waals surface area contributed by atoms with Gasteiger partial charge in [-0.1, -0.05) is 24.3 Å². The van der Waals surface area contributed by atoms with E-state index in [1.165, 1.54) is 11.1 Å². The fraction of sp³-hybridized carbons (Fsp3) is 0.650. The molecule has 25 heavy (non-hydrogen) atoms. The summed E-state index contributed by atoms with van der Waals surface area (Å²) in [7, 11) is 0. The van der Waals surface area contributed by atoms with Gasteiger partial charge in [0.25, 0.3) is 0 Å². The standard InChI is InChI=1S/C20H31N3O2/c1-16(24)17-8-13-23(14-9-17)20(25)21-10-4-11-22-12-7-18-5-2-3-6-19(18)15-22/h2-3,5-6,16-17,24H,4,7-15H2,1H3,(H,21,25). The molecule has 1 aromatic rings. The van der Waals surface area contributed by atoms with E-state index in [1.807, 2.05) is 11.8 Å². The van der Waals surface area contributed by atoms with E-state index in [1.54, 1.807) is 0 Å². The van der Waals surface area contributed by atoms with Gasteiger partial charge in [0.2, 0.25) is 0 Å². The molecule has 0 aromatic heterocycles. The minimum atomic E-state index is -0.264. The van der Waals surface area contributed by atoms with Gasteiger partial charge in [-0.05, 0) is 49.7 Å². The van der Waals surface area contributed by atoms with Gasteiger partial charge in [0.05, 0.1) is 6.10 Å². The van der Waals surface area contributed by atoms with Gasteiger partial charge < -0.3 is 15.3 Å². The van der Waals surface area contributed by atoms with Crippen LogP contribution in [0, 0.1) is 5.92 Å². The Kier molecular flexibility index (Phi) is 6.32. The number of hydrogen-bond acceptors (Lipinski definition) is 3.